The lowest BCUT2D eigenvalue weighted by Crippen LogP contribution is -2.24. The summed E-state index contributed by atoms with van der Waals surface area (Å²) in [6, 6.07) is 17.6. The van der Waals surface area contributed by atoms with Crippen LogP contribution in [0.2, 0.25) is 0 Å². The molecule has 3 aromatic rings. The van der Waals surface area contributed by atoms with Crippen molar-refractivity contribution < 1.29 is 0 Å². The van der Waals surface area contributed by atoms with Gasteiger partial charge in [-0.1, -0.05) is 54.2 Å². The molecule has 0 unspecified atom stereocenters. The van der Waals surface area contributed by atoms with Crippen LogP contribution in [-0.4, -0.2) is 27.3 Å². The van der Waals surface area contributed by atoms with Crippen molar-refractivity contribution >= 4 is 34.4 Å². The van der Waals surface area contributed by atoms with Crippen molar-refractivity contribution in [1.29, 1.82) is 0 Å². The Hall–Kier alpha value is -1.72. The minimum absolute atomic E-state index is 0.0334. The van der Waals surface area contributed by atoms with Crippen LogP contribution in [0.3, 0.4) is 0 Å². The van der Waals surface area contributed by atoms with Gasteiger partial charge in [0.25, 0.3) is 5.56 Å². The van der Waals surface area contributed by atoms with Crippen LogP contribution in [0.5, 0.6) is 0 Å². The summed E-state index contributed by atoms with van der Waals surface area (Å²) >= 11 is 3.45. The van der Waals surface area contributed by atoms with Crippen LogP contribution in [0.25, 0.3) is 10.9 Å². The molecule has 0 N–H and O–H groups in total. The number of benzene rings is 2. The third kappa shape index (κ3) is 3.79. The van der Waals surface area contributed by atoms with Gasteiger partial charge in [0.1, 0.15) is 0 Å². The zero-order valence-corrected chi connectivity index (χ0v) is 14.6. The molecule has 0 bridgehead atoms. The third-order valence-electron chi connectivity index (χ3n) is 3.53. The Labute approximate surface area is 144 Å². The molecule has 1 heterocycles. The predicted molar refractivity (Wildman–Crippen MR) is 101 cm³/mol. The van der Waals surface area contributed by atoms with E-state index in [1.807, 2.05) is 54.6 Å². The molecule has 0 amide bonds. The number of rotatable bonds is 6. The minimum Gasteiger partial charge on any atom is -0.283 e. The van der Waals surface area contributed by atoms with Crippen LogP contribution >= 0.6 is 23.5 Å². The molecule has 0 aliphatic carbocycles. The number of para-hydroxylation sites is 1. The zero-order chi connectivity index (χ0) is 16.1. The number of thioether (sulfide) groups is 2. The number of aromatic nitrogens is 2. The fourth-order valence-corrected chi connectivity index (χ4v) is 4.03. The standard InChI is InChI=1S/C18H18N2OS2/c1-22-11-12-23-18-19-16-10-6-5-9-15(16)17(21)20(18)13-14-7-3-2-4-8-14/h2-10H,11-13H2,1H3. The highest BCUT2D eigenvalue weighted by Gasteiger charge is 2.11. The van der Waals surface area contributed by atoms with Gasteiger partial charge in [0.2, 0.25) is 0 Å². The lowest BCUT2D eigenvalue weighted by molar-refractivity contribution is 0.658. The van der Waals surface area contributed by atoms with Crippen molar-refractivity contribution in [3.63, 3.8) is 0 Å². The first-order valence-electron chi connectivity index (χ1n) is 7.45. The summed E-state index contributed by atoms with van der Waals surface area (Å²) in [5, 5.41) is 1.48. The summed E-state index contributed by atoms with van der Waals surface area (Å²) in [7, 11) is 0. The zero-order valence-electron chi connectivity index (χ0n) is 12.9. The lowest BCUT2D eigenvalue weighted by atomic mass is 10.2. The maximum Gasteiger partial charge on any atom is 0.262 e. The van der Waals surface area contributed by atoms with E-state index in [1.54, 1.807) is 28.1 Å². The molecule has 0 radical (unpaired) electrons. The number of hydrogen-bond acceptors (Lipinski definition) is 4. The Balaban J connectivity index is 2.06. The van der Waals surface area contributed by atoms with Gasteiger partial charge >= 0.3 is 0 Å². The fraction of sp³-hybridized carbons (Fsp3) is 0.222. The highest BCUT2D eigenvalue weighted by molar-refractivity contribution is 8.02. The van der Waals surface area contributed by atoms with Crippen molar-refractivity contribution in [1.82, 2.24) is 9.55 Å². The minimum atomic E-state index is 0.0334. The molecule has 0 aliphatic heterocycles. The molecule has 1 aromatic heterocycles. The number of fused-ring (bicyclic) bond motifs is 1. The molecule has 3 nitrogen and oxygen atoms in total. The van der Waals surface area contributed by atoms with Crippen LogP contribution < -0.4 is 5.56 Å². The first-order chi connectivity index (χ1) is 11.3. The lowest BCUT2D eigenvalue weighted by Gasteiger charge is -2.13. The molecule has 5 heteroatoms. The van der Waals surface area contributed by atoms with Gasteiger partial charge in [-0.05, 0) is 24.0 Å². The maximum absolute atomic E-state index is 12.9. The second-order valence-electron chi connectivity index (χ2n) is 5.13. The first kappa shape index (κ1) is 16.1. The van der Waals surface area contributed by atoms with E-state index in [0.717, 1.165) is 27.7 Å². The SMILES string of the molecule is CSCCSc1nc2ccccc2c(=O)n1Cc1ccccc1. The van der Waals surface area contributed by atoms with Gasteiger partial charge in [-0.15, -0.1) is 0 Å². The molecule has 0 aliphatic rings. The van der Waals surface area contributed by atoms with Crippen LogP contribution in [-0.2, 0) is 6.54 Å². The molecule has 3 rings (SSSR count). The average molecular weight is 342 g/mol. The molecule has 0 saturated carbocycles. The van der Waals surface area contributed by atoms with Crippen molar-refractivity contribution in [3.05, 3.63) is 70.5 Å². The van der Waals surface area contributed by atoms with Gasteiger partial charge in [0.15, 0.2) is 5.16 Å². The second kappa shape index (κ2) is 7.70. The quantitative estimate of drug-likeness (QED) is 0.387. The smallest absolute Gasteiger partial charge is 0.262 e. The van der Waals surface area contributed by atoms with E-state index in [2.05, 4.69) is 6.26 Å². The van der Waals surface area contributed by atoms with E-state index in [-0.39, 0.29) is 5.56 Å². The molecule has 0 atom stereocenters. The van der Waals surface area contributed by atoms with E-state index in [9.17, 15) is 4.79 Å². The molecule has 23 heavy (non-hydrogen) atoms. The normalized spacial score (nSPS) is 11.0. The third-order valence-corrected chi connectivity index (χ3v) is 5.38. The Morgan fingerprint density at radius 1 is 1.00 bits per heavy atom. The van der Waals surface area contributed by atoms with Gasteiger partial charge in [-0.25, -0.2) is 4.98 Å². The van der Waals surface area contributed by atoms with E-state index in [4.69, 9.17) is 4.98 Å². The van der Waals surface area contributed by atoms with E-state index in [0.29, 0.717) is 11.9 Å². The molecule has 2 aromatic carbocycles. The summed E-state index contributed by atoms with van der Waals surface area (Å²) in [4.78, 5) is 17.6. The summed E-state index contributed by atoms with van der Waals surface area (Å²) in [5.41, 5.74) is 1.91. The van der Waals surface area contributed by atoms with Crippen molar-refractivity contribution in [3.8, 4) is 0 Å². The summed E-state index contributed by atoms with van der Waals surface area (Å²) in [6.45, 7) is 0.555. The molecule has 0 fully saturated rings. The first-order valence-corrected chi connectivity index (χ1v) is 9.83. The monoisotopic (exact) mass is 342 g/mol. The molecular weight excluding hydrogens is 324 g/mol. The van der Waals surface area contributed by atoms with Crippen molar-refractivity contribution in [2.45, 2.75) is 11.7 Å². The van der Waals surface area contributed by atoms with E-state index in [1.165, 1.54) is 0 Å². The summed E-state index contributed by atoms with van der Waals surface area (Å²) in [6.07, 6.45) is 2.09. The van der Waals surface area contributed by atoms with E-state index >= 15 is 0 Å². The Morgan fingerprint density at radius 2 is 1.74 bits per heavy atom. The van der Waals surface area contributed by atoms with Crippen LogP contribution in [0, 0.1) is 0 Å². The maximum atomic E-state index is 12.9. The summed E-state index contributed by atoms with van der Waals surface area (Å²) < 4.78 is 1.79. The largest absolute Gasteiger partial charge is 0.283 e. The Bertz CT molecular complexity index is 847. The fourth-order valence-electron chi connectivity index (χ4n) is 2.38. The molecule has 0 spiro atoms. The van der Waals surface area contributed by atoms with Crippen molar-refractivity contribution in [2.24, 2.45) is 0 Å². The second-order valence-corrected chi connectivity index (χ2v) is 7.18. The van der Waals surface area contributed by atoms with Crippen molar-refractivity contribution in [2.75, 3.05) is 17.8 Å². The molecular formula is C18H18N2OS2. The highest BCUT2D eigenvalue weighted by Crippen LogP contribution is 2.19. The topological polar surface area (TPSA) is 34.9 Å². The number of nitrogens with zero attached hydrogens (tertiary/aromatic N) is 2. The number of hydrogen-bond donors (Lipinski definition) is 0. The van der Waals surface area contributed by atoms with Crippen LogP contribution in [0.1, 0.15) is 5.56 Å². The average Bonchev–Trinajstić information content (AvgIpc) is 2.59. The predicted octanol–water partition coefficient (Wildman–Crippen LogP) is 3.90. The van der Waals surface area contributed by atoms with Gasteiger partial charge in [0.05, 0.1) is 17.4 Å². The molecule has 118 valence electrons. The highest BCUT2D eigenvalue weighted by atomic mass is 32.2. The van der Waals surface area contributed by atoms with Crippen LogP contribution in [0.15, 0.2) is 64.5 Å². The van der Waals surface area contributed by atoms with Gasteiger partial charge < -0.3 is 0 Å². The molecule has 0 saturated heterocycles. The van der Waals surface area contributed by atoms with Gasteiger partial charge in [-0.3, -0.25) is 9.36 Å². The van der Waals surface area contributed by atoms with Crippen LogP contribution in [0.4, 0.5) is 0 Å². The Kier molecular flexibility index (Phi) is 5.41. The van der Waals surface area contributed by atoms with E-state index < -0.39 is 0 Å². The van der Waals surface area contributed by atoms with Gasteiger partial charge in [-0.2, -0.15) is 11.8 Å². The summed E-state index contributed by atoms with van der Waals surface area (Å²) in [5.74, 6) is 1.99. The Morgan fingerprint density at radius 3 is 2.52 bits per heavy atom. The van der Waals surface area contributed by atoms with Gasteiger partial charge in [0, 0.05) is 11.5 Å².